The molecule has 9 nitrogen and oxygen atoms in total. The van der Waals surface area contributed by atoms with Crippen LogP contribution in [0.1, 0.15) is 23.0 Å². The van der Waals surface area contributed by atoms with Crippen molar-refractivity contribution < 1.29 is 35.9 Å². The number of ether oxygens (including phenoxy) is 2. The van der Waals surface area contributed by atoms with Crippen LogP contribution in [0.5, 0.6) is 17.4 Å². The van der Waals surface area contributed by atoms with Gasteiger partial charge in [0.2, 0.25) is 0 Å². The second-order valence-corrected chi connectivity index (χ2v) is 10.1. The molecule has 4 rings (SSSR count). The molecule has 0 aromatic carbocycles. The zero-order valence-electron chi connectivity index (χ0n) is 17.5. The molecule has 0 bridgehead atoms. The van der Waals surface area contributed by atoms with Gasteiger partial charge < -0.3 is 14.8 Å². The minimum Gasteiger partial charge on any atom is -0.478 e. The van der Waals surface area contributed by atoms with E-state index in [-0.39, 0.29) is 34.6 Å². The number of nitrogens with one attached hydrogen (secondary N) is 1. The normalized spacial score (nSPS) is 16.8. The molecule has 1 aliphatic heterocycles. The highest BCUT2D eigenvalue weighted by Gasteiger charge is 2.46. The molecular weight excluding hydrogens is 465 g/mol. The number of pyridine rings is 2. The van der Waals surface area contributed by atoms with Crippen molar-refractivity contribution in [3.8, 4) is 17.4 Å². The van der Waals surface area contributed by atoms with E-state index in [1.807, 2.05) is 0 Å². The summed E-state index contributed by atoms with van der Waals surface area (Å²) < 4.78 is 72.3. The number of hydrogen-bond donors (Lipinski definition) is 1. The van der Waals surface area contributed by atoms with E-state index >= 15 is 0 Å². The number of hydrogen-bond acceptors (Lipinski definition) is 7. The van der Waals surface area contributed by atoms with Gasteiger partial charge in [0, 0.05) is 24.0 Å². The van der Waals surface area contributed by atoms with Crippen molar-refractivity contribution in [1.29, 1.82) is 0 Å². The Morgan fingerprint density at radius 3 is 2.70 bits per heavy atom. The monoisotopic (exact) mass is 484 g/mol. The first kappa shape index (κ1) is 22.8. The minimum absolute atomic E-state index is 0.115. The summed E-state index contributed by atoms with van der Waals surface area (Å²) >= 11 is 0. The molecule has 3 aromatic rings. The van der Waals surface area contributed by atoms with Crippen molar-refractivity contribution in [2.75, 3.05) is 18.1 Å². The Balaban J connectivity index is 1.55. The maximum atomic E-state index is 12.7. The van der Waals surface area contributed by atoms with Crippen LogP contribution in [0, 0.1) is 6.92 Å². The van der Waals surface area contributed by atoms with Gasteiger partial charge in [-0.15, -0.1) is 0 Å². The van der Waals surface area contributed by atoms with Gasteiger partial charge in [0.1, 0.15) is 5.75 Å². The van der Waals surface area contributed by atoms with Crippen molar-refractivity contribution in [2.45, 2.75) is 25.6 Å². The summed E-state index contributed by atoms with van der Waals surface area (Å²) in [4.78, 5) is 16.6. The molecule has 0 saturated carbocycles. The first-order valence-electron chi connectivity index (χ1n) is 9.69. The Kier molecular flexibility index (Phi) is 5.47. The Labute approximate surface area is 186 Å². The topological polar surface area (TPSA) is 112 Å². The number of sulfone groups is 1. The van der Waals surface area contributed by atoms with Gasteiger partial charge in [0.05, 0.1) is 22.6 Å². The number of alkyl halides is 3. The molecule has 0 aliphatic carbocycles. The molecule has 1 N–H and O–H groups in total. The molecule has 0 radical (unpaired) electrons. The van der Waals surface area contributed by atoms with Crippen LogP contribution in [0.15, 0.2) is 36.7 Å². The maximum Gasteiger partial charge on any atom is 0.422 e. The number of fused-ring (bicyclic) bond motifs is 1. The molecule has 33 heavy (non-hydrogen) atoms. The number of aryl methyl sites for hydroxylation is 1. The molecule has 4 heterocycles. The number of amides is 1. The Morgan fingerprint density at radius 2 is 2.03 bits per heavy atom. The average molecular weight is 484 g/mol. The summed E-state index contributed by atoms with van der Waals surface area (Å²) in [6.45, 7) is 1.82. The van der Waals surface area contributed by atoms with E-state index in [0.29, 0.717) is 11.1 Å². The van der Waals surface area contributed by atoms with Crippen LogP contribution in [-0.2, 0) is 9.84 Å². The fraction of sp³-hybridized carbons (Fsp3) is 0.350. The number of carbonyl (C=O) groups is 1. The molecule has 1 saturated heterocycles. The molecule has 1 amide bonds. The minimum atomic E-state index is -4.52. The largest absolute Gasteiger partial charge is 0.478 e. The standard InChI is InChI=1S/C20H19F3N4O5S/c1-12-14-8-13(32-18-15(4-3-6-24-18)31-9-20(21,22)23)5-7-27(14)26-16(12)17(28)25-19(2)10-33(29,30)11-19/h3-8H,9-11H2,1-2H3,(H,25,28). The average Bonchev–Trinajstić information content (AvgIpc) is 3.01. The summed E-state index contributed by atoms with van der Waals surface area (Å²) in [6, 6.07) is 5.78. The molecule has 176 valence electrons. The summed E-state index contributed by atoms with van der Waals surface area (Å²) in [5.74, 6) is -0.879. The summed E-state index contributed by atoms with van der Waals surface area (Å²) in [6.07, 6.45) is -1.65. The van der Waals surface area contributed by atoms with Gasteiger partial charge in [-0.2, -0.15) is 18.3 Å². The Bertz CT molecular complexity index is 1330. The number of rotatable bonds is 6. The number of aromatic nitrogens is 3. The lowest BCUT2D eigenvalue weighted by Crippen LogP contribution is -2.63. The SMILES string of the molecule is Cc1c(C(=O)NC2(C)CS(=O)(=O)C2)nn2ccc(Oc3ncccc3OCC(F)(F)F)cc12. The Morgan fingerprint density at radius 1 is 1.30 bits per heavy atom. The molecule has 13 heteroatoms. The molecule has 1 aliphatic rings. The van der Waals surface area contributed by atoms with Gasteiger partial charge in [-0.1, -0.05) is 0 Å². The van der Waals surface area contributed by atoms with Crippen LogP contribution in [0.2, 0.25) is 0 Å². The molecular formula is C20H19F3N4O5S. The number of nitrogens with zero attached hydrogens (tertiary/aromatic N) is 3. The predicted molar refractivity (Wildman–Crippen MR) is 110 cm³/mol. The smallest absolute Gasteiger partial charge is 0.422 e. The molecule has 1 fully saturated rings. The van der Waals surface area contributed by atoms with E-state index in [1.165, 1.54) is 35.1 Å². The van der Waals surface area contributed by atoms with E-state index in [1.54, 1.807) is 19.9 Å². The van der Waals surface area contributed by atoms with Crippen LogP contribution in [0.25, 0.3) is 5.52 Å². The van der Waals surface area contributed by atoms with Gasteiger partial charge in [-0.05, 0) is 32.0 Å². The molecule has 0 atom stereocenters. The van der Waals surface area contributed by atoms with Gasteiger partial charge in [0.15, 0.2) is 27.9 Å². The van der Waals surface area contributed by atoms with Gasteiger partial charge in [-0.3, -0.25) is 4.79 Å². The fourth-order valence-electron chi connectivity index (χ4n) is 3.59. The van der Waals surface area contributed by atoms with Crippen LogP contribution >= 0.6 is 0 Å². The summed E-state index contributed by atoms with van der Waals surface area (Å²) in [5, 5.41) is 6.96. The third kappa shape index (κ3) is 5.02. The van der Waals surface area contributed by atoms with E-state index in [4.69, 9.17) is 9.47 Å². The van der Waals surface area contributed by atoms with Crippen molar-refractivity contribution in [3.63, 3.8) is 0 Å². The quantitative estimate of drug-likeness (QED) is 0.573. The van der Waals surface area contributed by atoms with Gasteiger partial charge in [-0.25, -0.2) is 17.9 Å². The van der Waals surface area contributed by atoms with E-state index in [2.05, 4.69) is 15.4 Å². The second-order valence-electron chi connectivity index (χ2n) is 8.03. The number of carbonyl (C=O) groups excluding carboxylic acids is 1. The van der Waals surface area contributed by atoms with Crippen LogP contribution in [-0.4, -0.2) is 58.8 Å². The fourth-order valence-corrected chi connectivity index (χ4v) is 5.59. The third-order valence-electron chi connectivity index (χ3n) is 4.90. The Hall–Kier alpha value is -3.35. The maximum absolute atomic E-state index is 12.7. The predicted octanol–water partition coefficient (Wildman–Crippen LogP) is 2.69. The van der Waals surface area contributed by atoms with Crippen LogP contribution in [0.4, 0.5) is 13.2 Å². The van der Waals surface area contributed by atoms with E-state index in [9.17, 15) is 26.4 Å². The molecule has 3 aromatic heterocycles. The zero-order chi connectivity index (χ0) is 24.0. The van der Waals surface area contributed by atoms with Crippen molar-refractivity contribution in [3.05, 3.63) is 47.9 Å². The van der Waals surface area contributed by atoms with E-state index < -0.39 is 34.1 Å². The zero-order valence-corrected chi connectivity index (χ0v) is 18.3. The lowest BCUT2D eigenvalue weighted by molar-refractivity contribution is -0.153. The highest BCUT2D eigenvalue weighted by molar-refractivity contribution is 7.93. The van der Waals surface area contributed by atoms with Crippen molar-refractivity contribution in [2.24, 2.45) is 0 Å². The summed E-state index contributed by atoms with van der Waals surface area (Å²) in [5.41, 5.74) is 0.291. The lowest BCUT2D eigenvalue weighted by atomic mass is 10.1. The highest BCUT2D eigenvalue weighted by atomic mass is 32.2. The molecule has 0 spiro atoms. The van der Waals surface area contributed by atoms with Crippen molar-refractivity contribution in [1.82, 2.24) is 19.9 Å². The van der Waals surface area contributed by atoms with Crippen LogP contribution < -0.4 is 14.8 Å². The first-order valence-corrected chi connectivity index (χ1v) is 11.5. The van der Waals surface area contributed by atoms with Gasteiger partial charge in [0.25, 0.3) is 11.8 Å². The second kappa shape index (κ2) is 7.90. The van der Waals surface area contributed by atoms with Crippen LogP contribution in [0.3, 0.4) is 0 Å². The summed E-state index contributed by atoms with van der Waals surface area (Å²) in [7, 11) is -3.14. The van der Waals surface area contributed by atoms with Gasteiger partial charge >= 0.3 is 6.18 Å². The highest BCUT2D eigenvalue weighted by Crippen LogP contribution is 2.31. The lowest BCUT2D eigenvalue weighted by Gasteiger charge is -2.38. The number of halogens is 3. The van der Waals surface area contributed by atoms with Crippen molar-refractivity contribution >= 4 is 21.3 Å². The third-order valence-corrected chi connectivity index (χ3v) is 7.06. The first-order chi connectivity index (χ1) is 15.3. The molecule has 0 unspecified atom stereocenters. The van der Waals surface area contributed by atoms with E-state index in [0.717, 1.165) is 0 Å².